The van der Waals surface area contributed by atoms with Crippen molar-refractivity contribution < 1.29 is 44.6 Å². The third kappa shape index (κ3) is 2.81. The van der Waals surface area contributed by atoms with Gasteiger partial charge in [0.05, 0.1) is 5.60 Å². The van der Waals surface area contributed by atoms with Crippen molar-refractivity contribution in [3.63, 3.8) is 0 Å². The van der Waals surface area contributed by atoms with E-state index in [1.807, 2.05) is 6.92 Å². The van der Waals surface area contributed by atoms with Crippen molar-refractivity contribution in [1.29, 1.82) is 0 Å². The molecule has 0 heterocycles. The molecular formula is C18H19F9O. The van der Waals surface area contributed by atoms with Crippen molar-refractivity contribution in [3.8, 4) is 0 Å². The fourth-order valence-electron chi connectivity index (χ4n) is 3.33. The standard InChI is InChI=1S/C18H19F9O/c1-3-4-6-11-7-5-8-12(9-11)13(2,28)10-14(19)15(20,21)17(24,25)18(26,27)16(14,22)23/h5,7-9,28H,3-4,6,10H2,1-2H3. The van der Waals surface area contributed by atoms with Gasteiger partial charge in [-0.2, -0.15) is 35.1 Å². The lowest BCUT2D eigenvalue weighted by Crippen LogP contribution is -2.57. The summed E-state index contributed by atoms with van der Waals surface area (Å²) in [4.78, 5) is 0. The molecule has 1 N–H and O–H groups in total. The number of hydrogen-bond acceptors (Lipinski definition) is 1. The van der Waals surface area contributed by atoms with Crippen LogP contribution in [0.3, 0.4) is 0 Å². The van der Waals surface area contributed by atoms with Gasteiger partial charge in [-0.05, 0) is 30.9 Å². The molecule has 1 nitrogen and oxygen atoms in total. The van der Waals surface area contributed by atoms with Gasteiger partial charge >= 0.3 is 23.7 Å². The number of alkyl halides is 9. The second-order valence-electron chi connectivity index (χ2n) is 7.35. The number of rotatable bonds is 6. The fraction of sp³-hybridized carbons (Fsp3) is 0.667. The lowest BCUT2D eigenvalue weighted by Gasteiger charge is -2.37. The highest BCUT2D eigenvalue weighted by molar-refractivity contribution is 5.32. The minimum absolute atomic E-state index is 0.330. The molecule has 1 aromatic rings. The average Bonchev–Trinajstić information content (AvgIpc) is 2.62. The van der Waals surface area contributed by atoms with E-state index in [1.54, 1.807) is 6.07 Å². The van der Waals surface area contributed by atoms with Gasteiger partial charge in [0, 0.05) is 6.42 Å². The van der Waals surface area contributed by atoms with E-state index in [1.165, 1.54) is 12.1 Å². The number of benzene rings is 1. The van der Waals surface area contributed by atoms with E-state index < -0.39 is 41.4 Å². The second-order valence-corrected chi connectivity index (χ2v) is 7.35. The zero-order valence-electron chi connectivity index (χ0n) is 15.0. The van der Waals surface area contributed by atoms with E-state index in [0.717, 1.165) is 12.5 Å². The van der Waals surface area contributed by atoms with Gasteiger partial charge < -0.3 is 5.11 Å². The minimum Gasteiger partial charge on any atom is -0.385 e. The van der Waals surface area contributed by atoms with Gasteiger partial charge in [-0.15, -0.1) is 0 Å². The average molecular weight is 422 g/mol. The normalized spacial score (nSPS) is 26.0. The first-order chi connectivity index (χ1) is 12.5. The molecule has 1 aliphatic carbocycles. The maximum Gasteiger partial charge on any atom is 0.381 e. The topological polar surface area (TPSA) is 20.2 Å². The summed E-state index contributed by atoms with van der Waals surface area (Å²) in [7, 11) is 0. The van der Waals surface area contributed by atoms with Crippen LogP contribution >= 0.6 is 0 Å². The lowest BCUT2D eigenvalue weighted by molar-refractivity contribution is -0.303. The largest absolute Gasteiger partial charge is 0.385 e. The Morgan fingerprint density at radius 3 is 1.82 bits per heavy atom. The maximum atomic E-state index is 14.7. The number of unbranched alkanes of at least 4 members (excludes halogenated alkanes) is 1. The molecule has 0 amide bonds. The van der Waals surface area contributed by atoms with Crippen molar-refractivity contribution in [2.75, 3.05) is 0 Å². The van der Waals surface area contributed by atoms with Gasteiger partial charge in [-0.25, -0.2) is 4.39 Å². The van der Waals surface area contributed by atoms with Crippen LogP contribution in [0.5, 0.6) is 0 Å². The molecule has 1 atom stereocenters. The van der Waals surface area contributed by atoms with Crippen LogP contribution in [0.15, 0.2) is 24.3 Å². The summed E-state index contributed by atoms with van der Waals surface area (Å²) < 4.78 is 124. The quantitative estimate of drug-likeness (QED) is 0.567. The van der Waals surface area contributed by atoms with Crippen LogP contribution in [-0.4, -0.2) is 34.5 Å². The number of aliphatic hydroxyl groups is 1. The van der Waals surface area contributed by atoms with E-state index in [4.69, 9.17) is 0 Å². The summed E-state index contributed by atoms with van der Waals surface area (Å²) in [5.41, 5.74) is -8.31. The Bertz CT molecular complexity index is 702. The molecule has 160 valence electrons. The fourth-order valence-corrected chi connectivity index (χ4v) is 3.33. The SMILES string of the molecule is CCCCc1cccc(C(C)(O)CC2(F)C(F)(F)C(F)(F)C(F)(F)C2(F)F)c1. The van der Waals surface area contributed by atoms with Crippen molar-refractivity contribution >= 4 is 0 Å². The first kappa shape index (κ1) is 22.8. The van der Waals surface area contributed by atoms with E-state index in [9.17, 15) is 44.6 Å². The summed E-state index contributed by atoms with van der Waals surface area (Å²) in [5.74, 6) is -26.1. The van der Waals surface area contributed by atoms with Crippen LogP contribution in [-0.2, 0) is 12.0 Å². The van der Waals surface area contributed by atoms with Gasteiger partial charge in [0.15, 0.2) is 0 Å². The molecule has 0 radical (unpaired) electrons. The summed E-state index contributed by atoms with van der Waals surface area (Å²) in [6.07, 6.45) is -0.434. The van der Waals surface area contributed by atoms with E-state index >= 15 is 0 Å². The lowest BCUT2D eigenvalue weighted by atomic mass is 9.80. The highest BCUT2D eigenvalue weighted by Gasteiger charge is 3.00. The molecule has 0 aliphatic heterocycles. The Labute approximate surface area is 155 Å². The monoisotopic (exact) mass is 422 g/mol. The number of aryl methyl sites for hydroxylation is 1. The Hall–Kier alpha value is -1.45. The molecule has 0 aromatic heterocycles. The van der Waals surface area contributed by atoms with Crippen LogP contribution in [0, 0.1) is 0 Å². The Morgan fingerprint density at radius 2 is 1.36 bits per heavy atom. The Kier molecular flexibility index (Phi) is 5.33. The number of halogens is 9. The van der Waals surface area contributed by atoms with Crippen molar-refractivity contribution in [3.05, 3.63) is 35.4 Å². The van der Waals surface area contributed by atoms with Crippen LogP contribution in [0.2, 0.25) is 0 Å². The molecule has 0 bridgehead atoms. The minimum atomic E-state index is -6.64. The van der Waals surface area contributed by atoms with E-state index in [2.05, 4.69) is 0 Å². The van der Waals surface area contributed by atoms with Crippen LogP contribution < -0.4 is 0 Å². The van der Waals surface area contributed by atoms with Gasteiger partial charge in [0.2, 0.25) is 0 Å². The smallest absolute Gasteiger partial charge is 0.381 e. The third-order valence-corrected chi connectivity index (χ3v) is 5.13. The van der Waals surface area contributed by atoms with Gasteiger partial charge in [0.1, 0.15) is 0 Å². The molecule has 1 saturated carbocycles. The molecule has 1 unspecified atom stereocenters. The Morgan fingerprint density at radius 1 is 0.857 bits per heavy atom. The van der Waals surface area contributed by atoms with E-state index in [0.29, 0.717) is 25.3 Å². The predicted molar refractivity (Wildman–Crippen MR) is 82.9 cm³/mol. The zero-order valence-corrected chi connectivity index (χ0v) is 15.0. The number of hydrogen-bond donors (Lipinski definition) is 1. The molecule has 10 heteroatoms. The molecule has 1 aromatic carbocycles. The van der Waals surface area contributed by atoms with Gasteiger partial charge in [0.25, 0.3) is 5.67 Å². The molecule has 28 heavy (non-hydrogen) atoms. The van der Waals surface area contributed by atoms with Crippen LogP contribution in [0.1, 0.15) is 44.2 Å². The van der Waals surface area contributed by atoms with Crippen molar-refractivity contribution in [2.24, 2.45) is 0 Å². The predicted octanol–water partition coefficient (Wildman–Crippen LogP) is 5.89. The highest BCUT2D eigenvalue weighted by Crippen LogP contribution is 2.70. The van der Waals surface area contributed by atoms with Gasteiger partial charge in [-0.1, -0.05) is 37.6 Å². The first-order valence-electron chi connectivity index (χ1n) is 8.51. The summed E-state index contributed by atoms with van der Waals surface area (Å²) in [6.45, 7) is 2.51. The third-order valence-electron chi connectivity index (χ3n) is 5.13. The Balaban J connectivity index is 2.50. The van der Waals surface area contributed by atoms with Crippen LogP contribution in [0.4, 0.5) is 39.5 Å². The zero-order chi connectivity index (χ0) is 21.8. The summed E-state index contributed by atoms with van der Waals surface area (Å²) >= 11 is 0. The van der Waals surface area contributed by atoms with Crippen molar-refractivity contribution in [1.82, 2.24) is 0 Å². The molecule has 1 aliphatic rings. The molecule has 2 rings (SSSR count). The van der Waals surface area contributed by atoms with Crippen LogP contribution in [0.25, 0.3) is 0 Å². The van der Waals surface area contributed by atoms with Gasteiger partial charge in [-0.3, -0.25) is 0 Å². The maximum absolute atomic E-state index is 14.7. The molecule has 1 fully saturated rings. The summed E-state index contributed by atoms with van der Waals surface area (Å²) in [6, 6.07) is 5.19. The second kappa shape index (κ2) is 6.53. The molecule has 0 spiro atoms. The molecular weight excluding hydrogens is 403 g/mol. The first-order valence-corrected chi connectivity index (χ1v) is 8.51. The highest BCUT2D eigenvalue weighted by atomic mass is 19.4. The van der Waals surface area contributed by atoms with E-state index in [-0.39, 0.29) is 5.56 Å². The van der Waals surface area contributed by atoms with Crippen molar-refractivity contribution in [2.45, 2.75) is 74.5 Å². The molecule has 0 saturated heterocycles. The summed E-state index contributed by atoms with van der Waals surface area (Å²) in [5, 5.41) is 10.4.